The molecule has 0 saturated carbocycles. The molecule has 0 spiro atoms. The maximum atomic E-state index is 12.7. The fourth-order valence-corrected chi connectivity index (χ4v) is 3.64. The van der Waals surface area contributed by atoms with Crippen LogP contribution < -0.4 is 10.1 Å². The summed E-state index contributed by atoms with van der Waals surface area (Å²) in [4.78, 5) is 14.6. The number of benzene rings is 2. The van der Waals surface area contributed by atoms with Crippen LogP contribution in [0, 0.1) is 0 Å². The second-order valence-corrected chi connectivity index (χ2v) is 6.71. The minimum Gasteiger partial charge on any atom is -0.497 e. The van der Waals surface area contributed by atoms with E-state index in [0.29, 0.717) is 19.7 Å². The molecule has 130 valence electrons. The molecule has 0 radical (unpaired) electrons. The molecule has 0 aliphatic carbocycles. The molecule has 2 aromatic rings. The minimum atomic E-state index is -0.494. The molecule has 2 fully saturated rings. The number of hydrogen-bond donors (Lipinski definition) is 1. The van der Waals surface area contributed by atoms with E-state index in [1.807, 2.05) is 47.4 Å². The standard InChI is InChI=1S/C20H22N2O3/c1-24-17-9-7-16(8-10-17)12-22-14-20(11-15-5-3-2-4-6-15)21-18(13-25-20)19(22)23/h2-10,18,21H,11-14H2,1H3/t18-,20+/m0/s1. The van der Waals surface area contributed by atoms with E-state index in [-0.39, 0.29) is 11.9 Å². The van der Waals surface area contributed by atoms with Crippen LogP contribution in [0.25, 0.3) is 0 Å². The lowest BCUT2D eigenvalue weighted by Gasteiger charge is -2.39. The molecule has 2 aromatic carbocycles. The quantitative estimate of drug-likeness (QED) is 0.906. The Morgan fingerprint density at radius 2 is 1.92 bits per heavy atom. The topological polar surface area (TPSA) is 50.8 Å². The van der Waals surface area contributed by atoms with Crippen molar-refractivity contribution in [2.75, 3.05) is 20.3 Å². The van der Waals surface area contributed by atoms with Crippen molar-refractivity contribution in [1.29, 1.82) is 0 Å². The third kappa shape index (κ3) is 3.25. The Labute approximate surface area is 147 Å². The molecule has 25 heavy (non-hydrogen) atoms. The zero-order chi connectivity index (χ0) is 17.3. The number of nitrogens with one attached hydrogen (secondary N) is 1. The molecule has 5 nitrogen and oxygen atoms in total. The van der Waals surface area contributed by atoms with Crippen LogP contribution in [0.2, 0.25) is 0 Å². The Morgan fingerprint density at radius 3 is 2.64 bits per heavy atom. The van der Waals surface area contributed by atoms with Gasteiger partial charge < -0.3 is 14.4 Å². The first kappa shape index (κ1) is 16.1. The lowest BCUT2D eigenvalue weighted by molar-refractivity contribution is -0.139. The van der Waals surface area contributed by atoms with Gasteiger partial charge in [-0.25, -0.2) is 0 Å². The normalized spacial score (nSPS) is 25.2. The first-order valence-corrected chi connectivity index (χ1v) is 8.55. The molecule has 0 unspecified atom stereocenters. The Bertz CT molecular complexity index is 747. The zero-order valence-electron chi connectivity index (χ0n) is 14.3. The zero-order valence-corrected chi connectivity index (χ0v) is 14.3. The molecule has 1 amide bonds. The number of methoxy groups -OCH3 is 1. The lowest BCUT2D eigenvalue weighted by Crippen LogP contribution is -2.63. The molecule has 2 aliphatic rings. The molecule has 0 aromatic heterocycles. The predicted molar refractivity (Wildman–Crippen MR) is 94.2 cm³/mol. The van der Waals surface area contributed by atoms with Gasteiger partial charge in [-0.2, -0.15) is 0 Å². The van der Waals surface area contributed by atoms with Crippen molar-refractivity contribution in [3.63, 3.8) is 0 Å². The van der Waals surface area contributed by atoms with Gasteiger partial charge in [0.05, 0.1) is 20.3 Å². The van der Waals surface area contributed by atoms with E-state index in [9.17, 15) is 4.79 Å². The number of nitrogens with zero attached hydrogens (tertiary/aromatic N) is 1. The highest BCUT2D eigenvalue weighted by molar-refractivity contribution is 5.83. The smallest absolute Gasteiger partial charge is 0.242 e. The van der Waals surface area contributed by atoms with Gasteiger partial charge in [0.1, 0.15) is 17.5 Å². The van der Waals surface area contributed by atoms with Crippen molar-refractivity contribution in [3.05, 3.63) is 65.7 Å². The summed E-state index contributed by atoms with van der Waals surface area (Å²) < 4.78 is 11.2. The highest BCUT2D eigenvalue weighted by Crippen LogP contribution is 2.29. The van der Waals surface area contributed by atoms with Gasteiger partial charge in [0, 0.05) is 13.0 Å². The number of hydrogen-bond acceptors (Lipinski definition) is 4. The SMILES string of the molecule is COc1ccc(CN2C[C@]3(Cc4ccccc4)N[C@@H](CO3)C2=O)cc1. The molecule has 1 N–H and O–H groups in total. The van der Waals surface area contributed by atoms with Crippen LogP contribution in [0.4, 0.5) is 0 Å². The maximum Gasteiger partial charge on any atom is 0.242 e. The van der Waals surface area contributed by atoms with Gasteiger partial charge >= 0.3 is 0 Å². The number of piperazine rings is 1. The van der Waals surface area contributed by atoms with Crippen molar-refractivity contribution in [1.82, 2.24) is 10.2 Å². The number of carbonyl (C=O) groups is 1. The van der Waals surface area contributed by atoms with Gasteiger partial charge in [-0.15, -0.1) is 0 Å². The van der Waals surface area contributed by atoms with E-state index in [0.717, 1.165) is 17.7 Å². The summed E-state index contributed by atoms with van der Waals surface area (Å²) in [6.45, 7) is 1.56. The number of ether oxygens (including phenoxy) is 2. The molecule has 2 atom stereocenters. The molecule has 2 saturated heterocycles. The van der Waals surface area contributed by atoms with E-state index in [1.165, 1.54) is 5.56 Å². The van der Waals surface area contributed by atoms with Crippen molar-refractivity contribution < 1.29 is 14.3 Å². The van der Waals surface area contributed by atoms with Crippen LogP contribution in [0.1, 0.15) is 11.1 Å². The summed E-state index contributed by atoms with van der Waals surface area (Å²) in [6, 6.07) is 17.8. The van der Waals surface area contributed by atoms with Crippen LogP contribution in [0.3, 0.4) is 0 Å². The fourth-order valence-electron chi connectivity index (χ4n) is 3.64. The number of carbonyl (C=O) groups excluding carboxylic acids is 1. The second-order valence-electron chi connectivity index (χ2n) is 6.71. The summed E-state index contributed by atoms with van der Waals surface area (Å²) in [5, 5.41) is 3.40. The minimum absolute atomic E-state index is 0.108. The van der Waals surface area contributed by atoms with Crippen LogP contribution in [-0.4, -0.2) is 42.8 Å². The molecular formula is C20H22N2O3. The Balaban J connectivity index is 1.51. The van der Waals surface area contributed by atoms with Crippen molar-refractivity contribution in [2.45, 2.75) is 24.7 Å². The lowest BCUT2D eigenvalue weighted by atomic mass is 9.99. The van der Waals surface area contributed by atoms with Gasteiger partial charge in [-0.3, -0.25) is 10.1 Å². The number of rotatable bonds is 5. The van der Waals surface area contributed by atoms with E-state index in [1.54, 1.807) is 7.11 Å². The predicted octanol–water partition coefficient (Wildman–Crippen LogP) is 1.96. The van der Waals surface area contributed by atoms with Crippen LogP contribution in [0.15, 0.2) is 54.6 Å². The van der Waals surface area contributed by atoms with E-state index in [2.05, 4.69) is 17.4 Å². The Hall–Kier alpha value is -2.37. The summed E-state index contributed by atoms with van der Waals surface area (Å²) in [5.41, 5.74) is 1.80. The van der Waals surface area contributed by atoms with Gasteiger partial charge in [-0.1, -0.05) is 42.5 Å². The number of amides is 1. The fraction of sp³-hybridized carbons (Fsp3) is 0.350. The van der Waals surface area contributed by atoms with Gasteiger partial charge in [0.25, 0.3) is 0 Å². The molecule has 2 bridgehead atoms. The summed E-state index contributed by atoms with van der Waals surface area (Å²) >= 11 is 0. The molecule has 4 rings (SSSR count). The maximum absolute atomic E-state index is 12.7. The average molecular weight is 338 g/mol. The second kappa shape index (κ2) is 6.50. The van der Waals surface area contributed by atoms with Gasteiger partial charge in [0.15, 0.2) is 0 Å². The molecule has 2 aliphatic heterocycles. The van der Waals surface area contributed by atoms with E-state index in [4.69, 9.17) is 9.47 Å². The Morgan fingerprint density at radius 1 is 1.16 bits per heavy atom. The Kier molecular flexibility index (Phi) is 4.19. The highest BCUT2D eigenvalue weighted by atomic mass is 16.5. The summed E-state index contributed by atoms with van der Waals surface area (Å²) in [7, 11) is 1.65. The first-order chi connectivity index (χ1) is 12.2. The summed E-state index contributed by atoms with van der Waals surface area (Å²) in [6.07, 6.45) is 0.747. The largest absolute Gasteiger partial charge is 0.497 e. The van der Waals surface area contributed by atoms with Crippen LogP contribution in [0.5, 0.6) is 5.75 Å². The third-order valence-corrected chi connectivity index (χ3v) is 4.88. The molecular weight excluding hydrogens is 316 g/mol. The first-order valence-electron chi connectivity index (χ1n) is 8.55. The van der Waals surface area contributed by atoms with E-state index >= 15 is 0 Å². The van der Waals surface area contributed by atoms with Gasteiger partial charge in [-0.05, 0) is 23.3 Å². The van der Waals surface area contributed by atoms with Crippen molar-refractivity contribution in [3.8, 4) is 5.75 Å². The van der Waals surface area contributed by atoms with Gasteiger partial charge in [0.2, 0.25) is 5.91 Å². The summed E-state index contributed by atoms with van der Waals surface area (Å²) in [5.74, 6) is 0.927. The molecule has 5 heteroatoms. The van der Waals surface area contributed by atoms with Crippen molar-refractivity contribution >= 4 is 5.91 Å². The average Bonchev–Trinajstić information content (AvgIpc) is 3.00. The highest BCUT2D eigenvalue weighted by Gasteiger charge is 2.50. The van der Waals surface area contributed by atoms with E-state index < -0.39 is 5.72 Å². The van der Waals surface area contributed by atoms with Crippen LogP contribution in [-0.2, 0) is 22.5 Å². The third-order valence-electron chi connectivity index (χ3n) is 4.88. The monoisotopic (exact) mass is 338 g/mol. The molecule has 2 heterocycles. The van der Waals surface area contributed by atoms with Crippen molar-refractivity contribution in [2.24, 2.45) is 0 Å². The van der Waals surface area contributed by atoms with Crippen LogP contribution >= 0.6 is 0 Å². The number of fused-ring (bicyclic) bond motifs is 2.